The number of nitrogens with one attached hydrogen (secondary N) is 1. The maximum absolute atomic E-state index is 11.0. The molecule has 1 aliphatic carbocycles. The first-order chi connectivity index (χ1) is 14.0. The maximum Gasteiger partial charge on any atom is 0.278 e. The van der Waals surface area contributed by atoms with Gasteiger partial charge in [-0.1, -0.05) is 19.0 Å². The van der Waals surface area contributed by atoms with Crippen LogP contribution in [0.15, 0.2) is 22.7 Å². The highest BCUT2D eigenvalue weighted by molar-refractivity contribution is 5.77. The molecule has 7 heteroatoms. The minimum Gasteiger partial charge on any atom is -0.374 e. The number of rotatable bonds is 4. The minimum atomic E-state index is -0.0626. The van der Waals surface area contributed by atoms with Gasteiger partial charge in [-0.15, -0.1) is 0 Å². The number of hydrogen-bond acceptors (Lipinski definition) is 6. The summed E-state index contributed by atoms with van der Waals surface area (Å²) in [6.07, 6.45) is 4.72. The monoisotopic (exact) mass is 391 g/mol. The van der Waals surface area contributed by atoms with E-state index in [2.05, 4.69) is 35.9 Å². The largest absolute Gasteiger partial charge is 0.374 e. The lowest BCUT2D eigenvalue weighted by molar-refractivity contribution is 0.112. The SMILES string of the molecule is CCn1nc(-c2nc(C3Cc4cc(C=O)ccc4N3)no2)c2c1CC(C)(C)CC2. The van der Waals surface area contributed by atoms with E-state index in [0.29, 0.717) is 17.3 Å². The van der Waals surface area contributed by atoms with Gasteiger partial charge in [-0.25, -0.2) is 0 Å². The van der Waals surface area contributed by atoms with Gasteiger partial charge in [-0.3, -0.25) is 9.48 Å². The fourth-order valence-corrected chi connectivity index (χ4v) is 4.52. The summed E-state index contributed by atoms with van der Waals surface area (Å²) in [7, 11) is 0. The van der Waals surface area contributed by atoms with Crippen molar-refractivity contribution < 1.29 is 9.32 Å². The van der Waals surface area contributed by atoms with Gasteiger partial charge in [-0.05, 0) is 55.4 Å². The van der Waals surface area contributed by atoms with Gasteiger partial charge in [0, 0.05) is 35.5 Å². The lowest BCUT2D eigenvalue weighted by Gasteiger charge is -2.30. The number of hydrogen-bond donors (Lipinski definition) is 1. The Morgan fingerprint density at radius 3 is 3.03 bits per heavy atom. The second-order valence-electron chi connectivity index (χ2n) is 8.82. The van der Waals surface area contributed by atoms with E-state index in [4.69, 9.17) is 14.6 Å². The summed E-state index contributed by atoms with van der Waals surface area (Å²) in [4.78, 5) is 15.7. The molecular formula is C22H25N5O2. The molecule has 0 spiro atoms. The molecule has 29 heavy (non-hydrogen) atoms. The Morgan fingerprint density at radius 1 is 1.38 bits per heavy atom. The van der Waals surface area contributed by atoms with Crippen LogP contribution in [0, 0.1) is 5.41 Å². The van der Waals surface area contributed by atoms with Gasteiger partial charge < -0.3 is 9.84 Å². The molecule has 7 nitrogen and oxygen atoms in total. The van der Waals surface area contributed by atoms with Crippen LogP contribution >= 0.6 is 0 Å². The number of anilines is 1. The number of aromatic nitrogens is 4. The van der Waals surface area contributed by atoms with Crippen LogP contribution in [-0.4, -0.2) is 26.2 Å². The second kappa shape index (κ2) is 6.54. The molecule has 0 fully saturated rings. The number of carbonyl (C=O) groups is 1. The van der Waals surface area contributed by atoms with E-state index in [1.807, 2.05) is 18.2 Å². The molecule has 0 amide bonds. The number of aldehydes is 1. The van der Waals surface area contributed by atoms with Crippen molar-refractivity contribution in [3.8, 4) is 11.6 Å². The average molecular weight is 391 g/mol. The van der Waals surface area contributed by atoms with Crippen molar-refractivity contribution in [2.45, 2.75) is 59.0 Å². The Hall–Kier alpha value is -2.96. The number of benzene rings is 1. The van der Waals surface area contributed by atoms with Gasteiger partial charge in [0.2, 0.25) is 0 Å². The zero-order valence-corrected chi connectivity index (χ0v) is 17.0. The highest BCUT2D eigenvalue weighted by Gasteiger charge is 2.33. The van der Waals surface area contributed by atoms with E-state index in [1.165, 1.54) is 11.3 Å². The van der Waals surface area contributed by atoms with E-state index in [0.717, 1.165) is 55.5 Å². The van der Waals surface area contributed by atoms with Crippen molar-refractivity contribution in [3.63, 3.8) is 0 Å². The first-order valence-corrected chi connectivity index (χ1v) is 10.2. The normalized spacial score (nSPS) is 19.5. The topological polar surface area (TPSA) is 85.8 Å². The van der Waals surface area contributed by atoms with Crippen molar-refractivity contribution in [1.29, 1.82) is 0 Å². The van der Waals surface area contributed by atoms with Crippen molar-refractivity contribution in [2.75, 3.05) is 5.32 Å². The second-order valence-corrected chi connectivity index (χ2v) is 8.82. The third-order valence-corrected chi connectivity index (χ3v) is 6.14. The van der Waals surface area contributed by atoms with E-state index in [-0.39, 0.29) is 11.5 Å². The summed E-state index contributed by atoms with van der Waals surface area (Å²) >= 11 is 0. The molecule has 0 saturated carbocycles. The van der Waals surface area contributed by atoms with Crippen LogP contribution in [0.25, 0.3) is 11.6 Å². The lowest BCUT2D eigenvalue weighted by Crippen LogP contribution is -2.24. The Bertz CT molecular complexity index is 1090. The van der Waals surface area contributed by atoms with Crippen LogP contribution in [0.2, 0.25) is 0 Å². The summed E-state index contributed by atoms with van der Waals surface area (Å²) in [6, 6.07) is 5.60. The summed E-state index contributed by atoms with van der Waals surface area (Å²) < 4.78 is 7.73. The number of nitrogens with zero attached hydrogens (tertiary/aromatic N) is 4. The summed E-state index contributed by atoms with van der Waals surface area (Å²) in [6.45, 7) is 7.57. The van der Waals surface area contributed by atoms with Gasteiger partial charge >= 0.3 is 0 Å². The van der Waals surface area contributed by atoms with Crippen LogP contribution in [0.5, 0.6) is 0 Å². The third-order valence-electron chi connectivity index (χ3n) is 6.14. The van der Waals surface area contributed by atoms with Crippen molar-refractivity contribution in [3.05, 3.63) is 46.4 Å². The predicted octanol–water partition coefficient (Wildman–Crippen LogP) is 3.99. The van der Waals surface area contributed by atoms with Crippen LogP contribution < -0.4 is 5.32 Å². The first kappa shape index (κ1) is 18.1. The van der Waals surface area contributed by atoms with Crippen LogP contribution in [0.3, 0.4) is 0 Å². The van der Waals surface area contributed by atoms with E-state index < -0.39 is 0 Å². The van der Waals surface area contributed by atoms with Crippen molar-refractivity contribution in [2.24, 2.45) is 5.41 Å². The number of carbonyl (C=O) groups excluding carboxylic acids is 1. The van der Waals surface area contributed by atoms with Gasteiger partial charge in [0.25, 0.3) is 5.89 Å². The Labute approximate surface area is 169 Å². The fraction of sp³-hybridized carbons (Fsp3) is 0.455. The summed E-state index contributed by atoms with van der Waals surface area (Å²) in [5.74, 6) is 1.12. The molecule has 1 unspecified atom stereocenters. The molecule has 5 rings (SSSR count). The first-order valence-electron chi connectivity index (χ1n) is 10.2. The highest BCUT2D eigenvalue weighted by atomic mass is 16.5. The number of aryl methyl sites for hydroxylation is 1. The molecule has 0 saturated heterocycles. The molecule has 3 heterocycles. The third kappa shape index (κ3) is 3.05. The quantitative estimate of drug-likeness (QED) is 0.677. The molecule has 1 aliphatic heterocycles. The predicted molar refractivity (Wildman–Crippen MR) is 109 cm³/mol. The summed E-state index contributed by atoms with van der Waals surface area (Å²) in [5, 5.41) is 12.5. The average Bonchev–Trinajstić information content (AvgIpc) is 3.42. The fourth-order valence-electron chi connectivity index (χ4n) is 4.52. The van der Waals surface area contributed by atoms with Gasteiger partial charge in [-0.2, -0.15) is 10.1 Å². The minimum absolute atomic E-state index is 0.0626. The molecule has 0 bridgehead atoms. The molecule has 2 aromatic heterocycles. The molecule has 3 aromatic rings. The maximum atomic E-state index is 11.0. The molecule has 1 atom stereocenters. The zero-order chi connectivity index (χ0) is 20.2. The molecular weight excluding hydrogens is 366 g/mol. The van der Waals surface area contributed by atoms with E-state index in [1.54, 1.807) is 0 Å². The van der Waals surface area contributed by atoms with Crippen molar-refractivity contribution in [1.82, 2.24) is 19.9 Å². The van der Waals surface area contributed by atoms with Crippen LogP contribution in [0.4, 0.5) is 5.69 Å². The van der Waals surface area contributed by atoms with E-state index >= 15 is 0 Å². The van der Waals surface area contributed by atoms with Crippen LogP contribution in [0.1, 0.15) is 66.2 Å². The Balaban J connectivity index is 1.44. The molecule has 1 aromatic carbocycles. The molecule has 1 N–H and O–H groups in total. The smallest absolute Gasteiger partial charge is 0.278 e. The highest BCUT2D eigenvalue weighted by Crippen LogP contribution is 2.39. The molecule has 2 aliphatic rings. The molecule has 150 valence electrons. The summed E-state index contributed by atoms with van der Waals surface area (Å²) in [5.41, 5.74) is 6.46. The van der Waals surface area contributed by atoms with Gasteiger partial charge in [0.05, 0.1) is 6.04 Å². The Morgan fingerprint density at radius 2 is 2.24 bits per heavy atom. The number of fused-ring (bicyclic) bond motifs is 2. The van der Waals surface area contributed by atoms with Crippen LogP contribution in [-0.2, 0) is 25.8 Å². The Kier molecular flexibility index (Phi) is 4.08. The van der Waals surface area contributed by atoms with Gasteiger partial charge in [0.1, 0.15) is 6.29 Å². The van der Waals surface area contributed by atoms with Gasteiger partial charge in [0.15, 0.2) is 11.5 Å². The van der Waals surface area contributed by atoms with E-state index in [9.17, 15) is 4.79 Å². The molecule has 0 radical (unpaired) electrons. The standard InChI is InChI=1S/C22H25N5O2/c1-4-27-18-11-22(2,3)8-7-15(18)19(25-27)21-24-20(26-29-21)17-10-14-9-13(12-28)5-6-16(14)23-17/h5-6,9,12,17,23H,4,7-8,10-11H2,1-3H3. The lowest BCUT2D eigenvalue weighted by atomic mass is 9.76. The van der Waals surface area contributed by atoms with Crippen molar-refractivity contribution >= 4 is 12.0 Å². The zero-order valence-electron chi connectivity index (χ0n) is 17.0.